The minimum absolute atomic E-state index is 0.139. The molecule has 0 saturated carbocycles. The van der Waals surface area contributed by atoms with Gasteiger partial charge in [0.2, 0.25) is 0 Å². The molecule has 0 fully saturated rings. The van der Waals surface area contributed by atoms with E-state index in [1.165, 1.54) is 36.5 Å². The topological polar surface area (TPSA) is 95.6 Å². The van der Waals surface area contributed by atoms with E-state index in [4.69, 9.17) is 4.74 Å². The molecule has 1 aliphatic rings. The number of methoxy groups -OCH3 is 1. The van der Waals surface area contributed by atoms with Gasteiger partial charge in [-0.25, -0.2) is 18.6 Å². The Labute approximate surface area is 217 Å². The average Bonchev–Trinajstić information content (AvgIpc) is 2.91. The average molecular weight is 516 g/mol. The van der Waals surface area contributed by atoms with Crippen molar-refractivity contribution in [2.45, 2.75) is 13.1 Å². The first-order chi connectivity index (χ1) is 18.4. The first-order valence-corrected chi connectivity index (χ1v) is 11.7. The number of benzene rings is 3. The molecule has 0 spiro atoms. The maximum Gasteiger partial charge on any atom is 0.323 e. The van der Waals surface area contributed by atoms with E-state index in [9.17, 15) is 18.4 Å². The second kappa shape index (κ2) is 10.6. The minimum atomic E-state index is -0.681. The highest BCUT2D eigenvalue weighted by Gasteiger charge is 2.26. The number of halogens is 2. The second-order valence-electron chi connectivity index (χ2n) is 8.57. The molecular weight excluding hydrogens is 492 g/mol. The number of ether oxygens (including phenoxy) is 1. The number of hydrogen-bond donors (Lipinski definition) is 3. The van der Waals surface area contributed by atoms with E-state index in [2.05, 4.69) is 20.9 Å². The van der Waals surface area contributed by atoms with Crippen LogP contribution >= 0.6 is 0 Å². The fourth-order valence-corrected chi connectivity index (χ4v) is 4.08. The molecule has 8 nitrogen and oxygen atoms in total. The fraction of sp³-hybridized carbons (Fsp3) is 0.107. The van der Waals surface area contributed by atoms with Crippen LogP contribution in [0.15, 0.2) is 79.0 Å². The molecule has 4 aromatic rings. The van der Waals surface area contributed by atoms with Gasteiger partial charge in [0.1, 0.15) is 23.2 Å². The van der Waals surface area contributed by atoms with E-state index in [1.807, 2.05) is 24.3 Å². The van der Waals surface area contributed by atoms with Gasteiger partial charge in [0, 0.05) is 29.7 Å². The third kappa shape index (κ3) is 5.24. The number of pyridine rings is 1. The van der Waals surface area contributed by atoms with Gasteiger partial charge in [-0.2, -0.15) is 0 Å². The van der Waals surface area contributed by atoms with Crippen LogP contribution in [0.1, 0.15) is 21.5 Å². The Hall–Kier alpha value is -4.99. The molecule has 1 aliphatic heterocycles. The molecule has 2 heterocycles. The number of amides is 3. The number of aromatic nitrogens is 1. The third-order valence-electron chi connectivity index (χ3n) is 6.06. The number of carbonyl (C=O) groups is 2. The van der Waals surface area contributed by atoms with Crippen LogP contribution in [-0.2, 0) is 13.1 Å². The van der Waals surface area contributed by atoms with E-state index >= 15 is 0 Å². The molecule has 3 N–H and O–H groups in total. The summed E-state index contributed by atoms with van der Waals surface area (Å²) in [6, 6.07) is 18.5. The molecule has 1 aromatic heterocycles. The van der Waals surface area contributed by atoms with Crippen molar-refractivity contribution in [3.63, 3.8) is 0 Å². The van der Waals surface area contributed by atoms with Crippen LogP contribution in [0.25, 0.3) is 0 Å². The van der Waals surface area contributed by atoms with Crippen LogP contribution in [0.5, 0.6) is 5.75 Å². The molecular formula is C28H23F2N5O3. The molecule has 0 bridgehead atoms. The standard InChI is InChI=1S/C28H23F2N5O3/c1-38-19-9-6-17(7-10-19)15-35-16-21-24(12-13-31-26(21)34-28(35)37)33-25-11-8-18(14-23(25)30)32-27(36)20-4-2-3-5-22(20)29/h2-14H,15-16H2,1H3,(H,32,36)(H2,31,33,34,37). The summed E-state index contributed by atoms with van der Waals surface area (Å²) in [5, 5.41) is 8.34. The Kier molecular flexibility index (Phi) is 6.86. The number of fused-ring (bicyclic) bond motifs is 1. The van der Waals surface area contributed by atoms with Crippen molar-refractivity contribution >= 4 is 34.8 Å². The summed E-state index contributed by atoms with van der Waals surface area (Å²) in [4.78, 5) is 30.9. The van der Waals surface area contributed by atoms with E-state index in [0.29, 0.717) is 23.6 Å². The second-order valence-corrected chi connectivity index (χ2v) is 8.57. The summed E-state index contributed by atoms with van der Waals surface area (Å²) < 4.78 is 34.1. The zero-order chi connectivity index (χ0) is 26.6. The van der Waals surface area contributed by atoms with Gasteiger partial charge < -0.3 is 20.3 Å². The van der Waals surface area contributed by atoms with Crippen LogP contribution in [0.4, 0.5) is 36.5 Å². The largest absolute Gasteiger partial charge is 0.497 e. The van der Waals surface area contributed by atoms with E-state index in [0.717, 1.165) is 17.4 Å². The van der Waals surface area contributed by atoms with E-state index < -0.39 is 17.5 Å². The first-order valence-electron chi connectivity index (χ1n) is 11.7. The van der Waals surface area contributed by atoms with Gasteiger partial charge in [0.25, 0.3) is 5.91 Å². The lowest BCUT2D eigenvalue weighted by atomic mass is 10.1. The van der Waals surface area contributed by atoms with Crippen LogP contribution in [0, 0.1) is 11.6 Å². The van der Waals surface area contributed by atoms with Gasteiger partial charge in [-0.1, -0.05) is 24.3 Å². The smallest absolute Gasteiger partial charge is 0.323 e. The van der Waals surface area contributed by atoms with Crippen molar-refractivity contribution in [3.8, 4) is 5.75 Å². The van der Waals surface area contributed by atoms with Gasteiger partial charge in [0.15, 0.2) is 0 Å². The zero-order valence-corrected chi connectivity index (χ0v) is 20.3. The Bertz CT molecular complexity index is 1510. The van der Waals surface area contributed by atoms with Gasteiger partial charge in [0.05, 0.1) is 24.9 Å². The fourth-order valence-electron chi connectivity index (χ4n) is 4.08. The lowest BCUT2D eigenvalue weighted by molar-refractivity contribution is 0.102. The van der Waals surface area contributed by atoms with Crippen molar-refractivity contribution in [2.24, 2.45) is 0 Å². The van der Waals surface area contributed by atoms with Crippen molar-refractivity contribution in [1.82, 2.24) is 9.88 Å². The molecule has 5 rings (SSSR count). The predicted molar refractivity (Wildman–Crippen MR) is 140 cm³/mol. The number of urea groups is 1. The molecule has 0 radical (unpaired) electrons. The van der Waals surface area contributed by atoms with Crippen molar-refractivity contribution in [3.05, 3.63) is 107 Å². The van der Waals surface area contributed by atoms with Crippen LogP contribution in [-0.4, -0.2) is 28.9 Å². The zero-order valence-electron chi connectivity index (χ0n) is 20.3. The molecule has 0 aliphatic carbocycles. The number of rotatable bonds is 7. The lowest BCUT2D eigenvalue weighted by Gasteiger charge is -2.30. The summed E-state index contributed by atoms with van der Waals surface area (Å²) in [7, 11) is 1.59. The predicted octanol–water partition coefficient (Wildman–Crippen LogP) is 5.91. The molecule has 10 heteroatoms. The number of nitrogens with one attached hydrogen (secondary N) is 3. The van der Waals surface area contributed by atoms with E-state index in [1.54, 1.807) is 24.1 Å². The molecule has 3 aromatic carbocycles. The minimum Gasteiger partial charge on any atom is -0.497 e. The van der Waals surface area contributed by atoms with Crippen LogP contribution < -0.4 is 20.7 Å². The third-order valence-corrected chi connectivity index (χ3v) is 6.06. The van der Waals surface area contributed by atoms with Gasteiger partial charge in [-0.15, -0.1) is 0 Å². The van der Waals surface area contributed by atoms with Crippen LogP contribution in [0.2, 0.25) is 0 Å². The molecule has 0 unspecified atom stereocenters. The monoisotopic (exact) mass is 515 g/mol. The molecule has 38 heavy (non-hydrogen) atoms. The maximum absolute atomic E-state index is 15.0. The number of hydrogen-bond acceptors (Lipinski definition) is 5. The van der Waals surface area contributed by atoms with Crippen LogP contribution in [0.3, 0.4) is 0 Å². The summed E-state index contributed by atoms with van der Waals surface area (Å²) in [5.74, 6) is -0.867. The number of nitrogens with zero attached hydrogens (tertiary/aromatic N) is 2. The first kappa shape index (κ1) is 24.7. The molecule has 0 atom stereocenters. The van der Waals surface area contributed by atoms with Gasteiger partial charge >= 0.3 is 6.03 Å². The molecule has 192 valence electrons. The SMILES string of the molecule is COc1ccc(CN2Cc3c(Nc4ccc(NC(=O)c5ccccc5F)cc4F)ccnc3NC2=O)cc1. The number of carbonyl (C=O) groups excluding carboxylic acids is 2. The van der Waals surface area contributed by atoms with Gasteiger partial charge in [-0.05, 0) is 54.1 Å². The van der Waals surface area contributed by atoms with Crippen molar-refractivity contribution in [1.29, 1.82) is 0 Å². The normalized spacial score (nSPS) is 12.4. The maximum atomic E-state index is 15.0. The summed E-state index contributed by atoms with van der Waals surface area (Å²) in [6.07, 6.45) is 1.52. The Balaban J connectivity index is 1.32. The van der Waals surface area contributed by atoms with Crippen molar-refractivity contribution < 1.29 is 23.1 Å². The Morgan fingerprint density at radius 2 is 1.82 bits per heavy atom. The summed E-state index contributed by atoms with van der Waals surface area (Å²) in [5.41, 5.74) is 2.37. The molecule has 0 saturated heterocycles. The van der Waals surface area contributed by atoms with Gasteiger partial charge in [-0.3, -0.25) is 10.1 Å². The Morgan fingerprint density at radius 3 is 2.55 bits per heavy atom. The van der Waals surface area contributed by atoms with E-state index in [-0.39, 0.29) is 29.5 Å². The highest BCUT2D eigenvalue weighted by Crippen LogP contribution is 2.32. The highest BCUT2D eigenvalue weighted by molar-refractivity contribution is 6.04. The lowest BCUT2D eigenvalue weighted by Crippen LogP contribution is -2.38. The highest BCUT2D eigenvalue weighted by atomic mass is 19.1. The quantitative estimate of drug-likeness (QED) is 0.284. The van der Waals surface area contributed by atoms with Crippen molar-refractivity contribution in [2.75, 3.05) is 23.1 Å². The summed E-state index contributed by atoms with van der Waals surface area (Å²) in [6.45, 7) is 0.607. The Morgan fingerprint density at radius 1 is 1.03 bits per heavy atom. The summed E-state index contributed by atoms with van der Waals surface area (Å²) >= 11 is 0. The number of anilines is 4. The molecule has 3 amide bonds.